The molecule has 10 N–H and O–H groups in total. The molecule has 0 bridgehead atoms. The Hall–Kier alpha value is -3.08. The molecule has 15 heteroatoms. The smallest absolute Gasteiger partial charge is 0.416 e. The Morgan fingerprint density at radius 3 is 2.17 bits per heavy atom. The van der Waals surface area contributed by atoms with Gasteiger partial charge in [0.1, 0.15) is 30.3 Å². The largest absolute Gasteiger partial charge is 0.491 e. The van der Waals surface area contributed by atoms with Crippen molar-refractivity contribution >= 4 is 23.7 Å². The summed E-state index contributed by atoms with van der Waals surface area (Å²) in [6.45, 7) is 4.56. The molecule has 2 atom stereocenters. The van der Waals surface area contributed by atoms with Crippen molar-refractivity contribution in [3.63, 3.8) is 0 Å². The fraction of sp³-hybridized carbons (Fsp3) is 0.481. The molecule has 2 aromatic carbocycles. The van der Waals surface area contributed by atoms with Gasteiger partial charge in [0.15, 0.2) is 6.61 Å². The molecular formula is C27H41F3N2O9S. The molecule has 2 aromatic rings. The predicted molar refractivity (Wildman–Crippen MR) is 153 cm³/mol. The van der Waals surface area contributed by atoms with Crippen molar-refractivity contribution < 1.29 is 58.1 Å². The number of alkyl halides is 3. The maximum absolute atomic E-state index is 12.6. The van der Waals surface area contributed by atoms with Crippen LogP contribution in [0, 0.1) is 6.92 Å². The van der Waals surface area contributed by atoms with Crippen LogP contribution in [-0.2, 0) is 20.5 Å². The fourth-order valence-electron chi connectivity index (χ4n) is 3.14. The number of halogens is 3. The topological polar surface area (TPSA) is 217 Å². The minimum absolute atomic E-state index is 0. The van der Waals surface area contributed by atoms with E-state index in [4.69, 9.17) is 35.9 Å². The highest BCUT2D eigenvalue weighted by Crippen LogP contribution is 2.30. The van der Waals surface area contributed by atoms with E-state index < -0.39 is 36.3 Å². The van der Waals surface area contributed by atoms with Crippen molar-refractivity contribution in [2.24, 2.45) is 11.5 Å². The van der Waals surface area contributed by atoms with Gasteiger partial charge in [-0.1, -0.05) is 6.42 Å². The van der Waals surface area contributed by atoms with E-state index in [9.17, 15) is 22.8 Å². The lowest BCUT2D eigenvalue weighted by atomic mass is 10.1. The van der Waals surface area contributed by atoms with Gasteiger partial charge >= 0.3 is 18.1 Å². The molecule has 2 rings (SSSR count). The molecule has 0 amide bonds. The highest BCUT2D eigenvalue weighted by atomic mass is 32.2. The summed E-state index contributed by atoms with van der Waals surface area (Å²) in [5.41, 5.74) is 10.5. The number of nitrogens with two attached hydrogens (primary N) is 2. The number of aryl methyl sites for hydroxylation is 1. The number of ether oxygens (including phenoxy) is 3. The highest BCUT2D eigenvalue weighted by molar-refractivity contribution is 7.99. The molecule has 0 saturated carbocycles. The lowest BCUT2D eigenvalue weighted by Crippen LogP contribution is -2.29. The molecule has 240 valence electrons. The molecule has 0 fully saturated rings. The number of benzene rings is 2. The van der Waals surface area contributed by atoms with Crippen molar-refractivity contribution in [1.29, 1.82) is 0 Å². The van der Waals surface area contributed by atoms with Crippen LogP contribution in [0.15, 0.2) is 47.4 Å². The van der Waals surface area contributed by atoms with E-state index in [0.717, 1.165) is 35.4 Å². The van der Waals surface area contributed by atoms with E-state index in [0.29, 0.717) is 36.8 Å². The molecule has 11 nitrogen and oxygen atoms in total. The van der Waals surface area contributed by atoms with Gasteiger partial charge in [-0.15, -0.1) is 11.8 Å². The van der Waals surface area contributed by atoms with Gasteiger partial charge in [0.25, 0.3) is 0 Å². The van der Waals surface area contributed by atoms with Crippen LogP contribution in [0.2, 0.25) is 0 Å². The Balaban J connectivity index is 0. The number of unbranched alkanes of at least 4 members (excludes halogenated alkanes) is 1. The molecule has 1 unspecified atom stereocenters. The van der Waals surface area contributed by atoms with Crippen LogP contribution in [-0.4, -0.2) is 77.4 Å². The van der Waals surface area contributed by atoms with E-state index in [1.807, 2.05) is 26.0 Å². The zero-order valence-electron chi connectivity index (χ0n) is 23.5. The Bertz CT molecular complexity index is 1040. The summed E-state index contributed by atoms with van der Waals surface area (Å²) in [7, 11) is 0. The van der Waals surface area contributed by atoms with Gasteiger partial charge in [-0.05, 0) is 81.3 Å². The minimum Gasteiger partial charge on any atom is -0.491 e. The van der Waals surface area contributed by atoms with E-state index in [1.54, 1.807) is 6.07 Å². The quantitative estimate of drug-likeness (QED) is 0.158. The van der Waals surface area contributed by atoms with Gasteiger partial charge in [0.05, 0.1) is 5.56 Å². The summed E-state index contributed by atoms with van der Waals surface area (Å²) in [5, 5.41) is 17.0. The zero-order valence-corrected chi connectivity index (χ0v) is 24.3. The van der Waals surface area contributed by atoms with Crippen LogP contribution < -0.4 is 20.9 Å². The first-order valence-electron chi connectivity index (χ1n) is 12.6. The maximum Gasteiger partial charge on any atom is 0.416 e. The predicted octanol–water partition coefficient (Wildman–Crippen LogP) is 2.93. The third-order valence-electron chi connectivity index (χ3n) is 5.24. The molecule has 0 aliphatic heterocycles. The Morgan fingerprint density at radius 1 is 1.02 bits per heavy atom. The lowest BCUT2D eigenvalue weighted by Gasteiger charge is -2.18. The number of aliphatic carboxylic acids is 2. The lowest BCUT2D eigenvalue weighted by molar-refractivity contribution is -0.140. The SMILES string of the molecule is CCOC(COc1ccc(C(F)(F)F)cc1)CSc1ccc(OCC(=O)O)c(C)c1.NCCCC[C@H](N)C(=O)O.O.O. The van der Waals surface area contributed by atoms with E-state index in [-0.39, 0.29) is 23.7 Å². The van der Waals surface area contributed by atoms with Gasteiger partial charge in [-0.3, -0.25) is 4.79 Å². The summed E-state index contributed by atoms with van der Waals surface area (Å²) >= 11 is 1.53. The molecule has 0 radical (unpaired) electrons. The zero-order chi connectivity index (χ0) is 30.1. The number of hydrogen-bond acceptors (Lipinski definition) is 8. The number of carbonyl (C=O) groups is 2. The first-order chi connectivity index (χ1) is 18.9. The Morgan fingerprint density at radius 2 is 1.67 bits per heavy atom. The average Bonchev–Trinajstić information content (AvgIpc) is 2.89. The van der Waals surface area contributed by atoms with Gasteiger partial charge in [0, 0.05) is 17.3 Å². The molecular weight excluding hydrogens is 585 g/mol. The van der Waals surface area contributed by atoms with Crippen LogP contribution in [0.1, 0.15) is 37.3 Å². The average molecular weight is 627 g/mol. The monoisotopic (exact) mass is 626 g/mol. The van der Waals surface area contributed by atoms with Crippen LogP contribution >= 0.6 is 11.8 Å². The summed E-state index contributed by atoms with van der Waals surface area (Å²) in [6.07, 6.45) is -2.47. The van der Waals surface area contributed by atoms with Crippen molar-refractivity contribution in [3.8, 4) is 11.5 Å². The van der Waals surface area contributed by atoms with Crippen molar-refractivity contribution in [3.05, 3.63) is 53.6 Å². The van der Waals surface area contributed by atoms with Gasteiger partial charge < -0.3 is 46.8 Å². The summed E-state index contributed by atoms with van der Waals surface area (Å²) < 4.78 is 54.4. The Kier molecular flexibility index (Phi) is 21.1. The fourth-order valence-corrected chi connectivity index (χ4v) is 4.14. The van der Waals surface area contributed by atoms with Gasteiger partial charge in [-0.25, -0.2) is 4.79 Å². The number of hydrogen-bond donors (Lipinski definition) is 4. The van der Waals surface area contributed by atoms with Crippen LogP contribution in [0.25, 0.3) is 0 Å². The number of rotatable bonds is 16. The Labute approximate surface area is 246 Å². The second-order valence-corrected chi connectivity index (χ2v) is 9.65. The summed E-state index contributed by atoms with van der Waals surface area (Å²) in [5.74, 6) is -0.553. The molecule has 0 spiro atoms. The first kappa shape index (κ1) is 41.1. The summed E-state index contributed by atoms with van der Waals surface area (Å²) in [4.78, 5) is 21.7. The van der Waals surface area contributed by atoms with Crippen molar-refractivity contribution in [1.82, 2.24) is 0 Å². The van der Waals surface area contributed by atoms with E-state index in [2.05, 4.69) is 0 Å². The second kappa shape index (κ2) is 21.6. The molecule has 0 aliphatic carbocycles. The number of carboxylic acids is 2. The van der Waals surface area contributed by atoms with Crippen LogP contribution in [0.5, 0.6) is 11.5 Å². The highest BCUT2D eigenvalue weighted by Gasteiger charge is 2.30. The molecule has 0 heterocycles. The van der Waals surface area contributed by atoms with E-state index in [1.165, 1.54) is 23.9 Å². The normalized spacial score (nSPS) is 12.0. The number of thioether (sulfide) groups is 1. The minimum atomic E-state index is -4.38. The van der Waals surface area contributed by atoms with Crippen LogP contribution in [0.4, 0.5) is 13.2 Å². The molecule has 0 aromatic heterocycles. The molecule has 42 heavy (non-hydrogen) atoms. The van der Waals surface area contributed by atoms with Crippen LogP contribution in [0.3, 0.4) is 0 Å². The summed E-state index contributed by atoms with van der Waals surface area (Å²) in [6, 6.07) is 9.26. The van der Waals surface area contributed by atoms with Gasteiger partial charge in [-0.2, -0.15) is 13.2 Å². The first-order valence-corrected chi connectivity index (χ1v) is 13.5. The van der Waals surface area contributed by atoms with Crippen molar-refractivity contribution in [2.45, 2.75) is 56.3 Å². The van der Waals surface area contributed by atoms with Crippen molar-refractivity contribution in [2.75, 3.05) is 32.1 Å². The maximum atomic E-state index is 12.6. The van der Waals surface area contributed by atoms with E-state index >= 15 is 0 Å². The molecule has 0 saturated heterocycles. The third-order valence-corrected chi connectivity index (χ3v) is 6.37. The standard InChI is InChI=1S/C21H23F3O5S.C6H14N2O2.2H2O/c1-3-27-17(11-28-16-6-4-15(5-7-16)21(22,23)24)13-30-18-8-9-19(14(2)10-18)29-12-20(25)26;7-4-2-1-3-5(8)6(9)10;;/h4-10,17H,3,11-13H2,1-2H3,(H,25,26);5H,1-4,7-8H2,(H,9,10);2*1H2/t;5-;;/m.0../s1. The second-order valence-electron chi connectivity index (χ2n) is 8.56. The van der Waals surface area contributed by atoms with Gasteiger partial charge in [0.2, 0.25) is 0 Å². The molecule has 0 aliphatic rings. The number of carboxylic acid groups (broad SMARTS) is 2. The third kappa shape index (κ3) is 17.0.